The summed E-state index contributed by atoms with van der Waals surface area (Å²) in [5, 5.41) is 4.42. The average molecular weight is 513 g/mol. The van der Waals surface area contributed by atoms with Crippen molar-refractivity contribution in [3.05, 3.63) is 59.2 Å². The third-order valence-corrected chi connectivity index (χ3v) is 10.1. The van der Waals surface area contributed by atoms with Crippen molar-refractivity contribution in [2.45, 2.75) is 86.5 Å². The Morgan fingerprint density at radius 2 is 1.55 bits per heavy atom. The van der Waals surface area contributed by atoms with Crippen molar-refractivity contribution >= 4 is 42.6 Å². The summed E-state index contributed by atoms with van der Waals surface area (Å²) in [6.07, 6.45) is 6.01. The number of halogens is 2. The van der Waals surface area contributed by atoms with Gasteiger partial charge in [-0.05, 0) is 24.2 Å². The van der Waals surface area contributed by atoms with Crippen molar-refractivity contribution in [1.29, 1.82) is 0 Å². The third kappa shape index (κ3) is 8.08. The van der Waals surface area contributed by atoms with Gasteiger partial charge in [0.15, 0.2) is 0 Å². The zero-order valence-corrected chi connectivity index (χ0v) is 24.7. The summed E-state index contributed by atoms with van der Waals surface area (Å²) in [6.45, 7) is 20.4. The van der Waals surface area contributed by atoms with Crippen LogP contribution in [0.2, 0.25) is 0 Å². The molecule has 4 heteroatoms. The van der Waals surface area contributed by atoms with Gasteiger partial charge < -0.3 is 0 Å². The molecule has 1 aliphatic rings. The molecule has 0 saturated carbocycles. The van der Waals surface area contributed by atoms with E-state index in [2.05, 4.69) is 105 Å². The van der Waals surface area contributed by atoms with Crippen LogP contribution in [-0.4, -0.2) is 11.3 Å². The molecule has 0 saturated heterocycles. The van der Waals surface area contributed by atoms with Crippen LogP contribution in [-0.2, 0) is 17.0 Å². The van der Waals surface area contributed by atoms with Crippen LogP contribution in [0.4, 0.5) is 0 Å². The molecule has 0 radical (unpaired) electrons. The fourth-order valence-corrected chi connectivity index (χ4v) is 7.28. The zero-order chi connectivity index (χ0) is 23.8. The summed E-state index contributed by atoms with van der Waals surface area (Å²) in [5.74, 6) is 0. The number of benzene rings is 1. The molecule has 2 aromatic carbocycles. The topological polar surface area (TPSA) is 0 Å². The molecule has 2 unspecified atom stereocenters. The van der Waals surface area contributed by atoms with Crippen LogP contribution in [0.15, 0.2) is 53.1 Å². The Morgan fingerprint density at radius 1 is 1.03 bits per heavy atom. The molecule has 0 spiro atoms. The Kier molecular flexibility index (Phi) is 12.8. The molecule has 0 aliphatic heterocycles. The number of fused-ring (bicyclic) bond motifs is 1. The van der Waals surface area contributed by atoms with Crippen LogP contribution >= 0.6 is 26.5 Å². The SMILES string of the molecule is CC1=[C-]C(C)(C)C(C)=C1C.CCC(C)P(c1cc2ccccc2[cH-]1)C(C)CC.[Cl][Ti][Cl]. The summed E-state index contributed by atoms with van der Waals surface area (Å²) < 4.78 is 0. The van der Waals surface area contributed by atoms with Crippen molar-refractivity contribution in [3.63, 3.8) is 0 Å². The molecule has 0 amide bonds. The van der Waals surface area contributed by atoms with Gasteiger partial charge in [0, 0.05) is 0 Å². The van der Waals surface area contributed by atoms with Gasteiger partial charge in [-0.1, -0.05) is 74.8 Å². The molecule has 3 rings (SSSR count). The second-order valence-electron chi connectivity index (χ2n) is 8.96. The van der Waals surface area contributed by atoms with Crippen molar-refractivity contribution < 1.29 is 17.0 Å². The summed E-state index contributed by atoms with van der Waals surface area (Å²) in [4.78, 5) is 0. The number of hydrogen-bond acceptors (Lipinski definition) is 0. The minimum atomic E-state index is -0.556. The van der Waals surface area contributed by atoms with Crippen LogP contribution in [0.5, 0.6) is 0 Å². The van der Waals surface area contributed by atoms with E-state index in [9.17, 15) is 0 Å². The number of allylic oxidation sites excluding steroid dienone is 4. The minimum absolute atomic E-state index is 0.0252. The van der Waals surface area contributed by atoms with Gasteiger partial charge in [-0.25, -0.2) is 5.57 Å². The van der Waals surface area contributed by atoms with Gasteiger partial charge in [0.05, 0.1) is 0 Å². The van der Waals surface area contributed by atoms with Crippen LogP contribution in [0.3, 0.4) is 0 Å². The number of rotatable bonds is 5. The number of hydrogen-bond donors (Lipinski definition) is 0. The molecule has 172 valence electrons. The van der Waals surface area contributed by atoms with Crippen LogP contribution < -0.4 is 5.30 Å². The van der Waals surface area contributed by atoms with Gasteiger partial charge >= 0.3 is 35.6 Å². The van der Waals surface area contributed by atoms with Crippen molar-refractivity contribution in [2.24, 2.45) is 5.41 Å². The molecule has 0 heterocycles. The van der Waals surface area contributed by atoms with E-state index < -0.39 is 17.0 Å². The third-order valence-electron chi connectivity index (χ3n) is 6.59. The Hall–Kier alpha value is 0.0343. The Balaban J connectivity index is 0.000000311. The van der Waals surface area contributed by atoms with E-state index in [0.717, 1.165) is 11.3 Å². The van der Waals surface area contributed by atoms with Gasteiger partial charge in [-0.3, -0.25) is 6.08 Å². The molecule has 0 bridgehead atoms. The average Bonchev–Trinajstić information content (AvgIpc) is 3.23. The maximum absolute atomic E-state index is 4.89. The van der Waals surface area contributed by atoms with Gasteiger partial charge in [-0.2, -0.15) is 17.2 Å². The van der Waals surface area contributed by atoms with Crippen LogP contribution in [0.25, 0.3) is 10.8 Å². The fraction of sp³-hybridized carbons (Fsp3) is 0.519. The molecule has 2 aromatic rings. The maximum atomic E-state index is 4.89. The monoisotopic (exact) mass is 512 g/mol. The van der Waals surface area contributed by atoms with Crippen molar-refractivity contribution in [3.8, 4) is 0 Å². The summed E-state index contributed by atoms with van der Waals surface area (Å²) in [5.41, 5.74) is 6.05. The van der Waals surface area contributed by atoms with E-state index in [1.165, 1.54) is 40.3 Å². The second-order valence-corrected chi connectivity index (χ2v) is 14.6. The van der Waals surface area contributed by atoms with Gasteiger partial charge in [0.2, 0.25) is 0 Å². The van der Waals surface area contributed by atoms with Gasteiger partial charge in [-0.15, -0.1) is 47.3 Å². The van der Waals surface area contributed by atoms with E-state index in [0.29, 0.717) is 0 Å². The van der Waals surface area contributed by atoms with Crippen molar-refractivity contribution in [1.82, 2.24) is 0 Å². The van der Waals surface area contributed by atoms with E-state index in [1.807, 2.05) is 0 Å². The molecule has 1 aliphatic carbocycles. The van der Waals surface area contributed by atoms with E-state index >= 15 is 0 Å². The van der Waals surface area contributed by atoms with Crippen molar-refractivity contribution in [2.75, 3.05) is 0 Å². The van der Waals surface area contributed by atoms with Crippen LogP contribution in [0, 0.1) is 11.5 Å². The van der Waals surface area contributed by atoms with E-state index in [-0.39, 0.29) is 13.3 Å². The fourth-order valence-electron chi connectivity index (χ4n) is 4.03. The normalized spacial score (nSPS) is 17.7. The molecular formula is C27H39Cl2PTi-2. The Morgan fingerprint density at radius 3 is 1.90 bits per heavy atom. The molecule has 0 fully saturated rings. The molecular weight excluding hydrogens is 474 g/mol. The molecule has 2 atom stereocenters. The first-order valence-electron chi connectivity index (χ1n) is 11.2. The van der Waals surface area contributed by atoms with Gasteiger partial charge in [0.1, 0.15) is 0 Å². The Labute approximate surface area is 209 Å². The first-order valence-corrected chi connectivity index (χ1v) is 17.0. The molecule has 0 nitrogen and oxygen atoms in total. The van der Waals surface area contributed by atoms with E-state index in [4.69, 9.17) is 18.6 Å². The molecule has 0 aromatic heterocycles. The summed E-state index contributed by atoms with van der Waals surface area (Å²) in [7, 11) is 9.75. The second kappa shape index (κ2) is 13.7. The van der Waals surface area contributed by atoms with E-state index in [1.54, 1.807) is 5.30 Å². The quantitative estimate of drug-likeness (QED) is 0.212. The predicted molar refractivity (Wildman–Crippen MR) is 142 cm³/mol. The summed E-state index contributed by atoms with van der Waals surface area (Å²) >= 11 is -0.556. The van der Waals surface area contributed by atoms with Crippen LogP contribution in [0.1, 0.15) is 75.2 Å². The summed E-state index contributed by atoms with van der Waals surface area (Å²) in [6, 6.07) is 13.6. The van der Waals surface area contributed by atoms with Gasteiger partial charge in [0.25, 0.3) is 0 Å². The first kappa shape index (κ1) is 29.1. The standard InChI is InChI=1S/C17H24P.C10H15.2ClH.Ti/c1-5-13(3)18(14(4)6-2)17-11-15-9-7-8-10-16(15)12-17;1-7-6-10(4,5)9(3)8(7)2;;;/h7-14H,5-6H2,1-4H3;1-5H3;2*1H;/q2*-1;;;+2/p-2. The molecule has 0 N–H and O–H groups in total. The first-order chi connectivity index (χ1) is 14.5. The Bertz CT molecular complexity index is 835. The molecule has 31 heavy (non-hydrogen) atoms. The zero-order valence-electron chi connectivity index (χ0n) is 20.7. The predicted octanol–water partition coefficient (Wildman–Crippen LogP) is 9.75.